The molecule has 0 fully saturated rings. The molecule has 0 radical (unpaired) electrons. The van der Waals surface area contributed by atoms with Crippen LogP contribution in [0.15, 0.2) is 29.6 Å². The molecule has 7 heteroatoms. The maximum absolute atomic E-state index is 11.7. The summed E-state index contributed by atoms with van der Waals surface area (Å²) >= 11 is 1.42. The van der Waals surface area contributed by atoms with Gasteiger partial charge < -0.3 is 15.2 Å². The lowest BCUT2D eigenvalue weighted by Gasteiger charge is -2.12. The van der Waals surface area contributed by atoms with Gasteiger partial charge in [0.05, 0.1) is 13.2 Å². The van der Waals surface area contributed by atoms with Crippen LogP contribution in [0.1, 0.15) is 48.2 Å². The summed E-state index contributed by atoms with van der Waals surface area (Å²) in [5.41, 5.74) is 8.56. The SMILES string of the molecule is CCOC(=O)c1cnc(SCCOc2ccc(C(C)C)c(C)c2)nc1N. The Morgan fingerprint density at radius 2 is 2.12 bits per heavy atom. The first-order valence-corrected chi connectivity index (χ1v) is 9.56. The van der Waals surface area contributed by atoms with Gasteiger partial charge in [-0.3, -0.25) is 0 Å². The quantitative estimate of drug-likeness (QED) is 0.325. The Hall–Kier alpha value is -2.28. The van der Waals surface area contributed by atoms with E-state index in [4.69, 9.17) is 15.2 Å². The second-order valence-electron chi connectivity index (χ2n) is 6.04. The van der Waals surface area contributed by atoms with E-state index in [2.05, 4.69) is 42.9 Å². The number of hydrogen-bond acceptors (Lipinski definition) is 7. The highest BCUT2D eigenvalue weighted by Crippen LogP contribution is 2.24. The number of nitrogen functional groups attached to an aromatic ring is 1. The minimum atomic E-state index is -0.509. The minimum Gasteiger partial charge on any atom is -0.493 e. The van der Waals surface area contributed by atoms with Gasteiger partial charge >= 0.3 is 5.97 Å². The van der Waals surface area contributed by atoms with Crippen molar-refractivity contribution in [2.45, 2.75) is 38.8 Å². The number of benzene rings is 1. The van der Waals surface area contributed by atoms with Crippen LogP contribution in [-0.4, -0.2) is 34.9 Å². The number of rotatable bonds is 8. The molecule has 0 aliphatic rings. The number of thioether (sulfide) groups is 1. The molecule has 26 heavy (non-hydrogen) atoms. The van der Waals surface area contributed by atoms with Crippen LogP contribution >= 0.6 is 11.8 Å². The van der Waals surface area contributed by atoms with Gasteiger partial charge in [0.25, 0.3) is 0 Å². The summed E-state index contributed by atoms with van der Waals surface area (Å²) in [6.45, 7) is 8.99. The number of carbonyl (C=O) groups is 1. The molecule has 0 bridgehead atoms. The molecule has 0 saturated heterocycles. The fraction of sp³-hybridized carbons (Fsp3) is 0.421. The molecule has 0 atom stereocenters. The molecule has 1 heterocycles. The molecular weight excluding hydrogens is 350 g/mol. The van der Waals surface area contributed by atoms with Gasteiger partial charge in [-0.2, -0.15) is 0 Å². The molecule has 0 spiro atoms. The van der Waals surface area contributed by atoms with Gasteiger partial charge in [-0.1, -0.05) is 31.7 Å². The van der Waals surface area contributed by atoms with E-state index in [-0.39, 0.29) is 18.0 Å². The standard InChI is InChI=1S/C19H25N3O3S/c1-5-24-18(23)16-11-21-19(22-17(16)20)26-9-8-25-14-6-7-15(12(2)3)13(4)10-14/h6-7,10-12H,5,8-9H2,1-4H3,(H2,20,21,22). The summed E-state index contributed by atoms with van der Waals surface area (Å²) in [7, 11) is 0. The van der Waals surface area contributed by atoms with Crippen molar-refractivity contribution >= 4 is 23.5 Å². The Balaban J connectivity index is 1.85. The van der Waals surface area contributed by atoms with E-state index in [1.807, 2.05) is 6.07 Å². The van der Waals surface area contributed by atoms with Gasteiger partial charge in [0.1, 0.15) is 17.1 Å². The molecule has 0 aliphatic carbocycles. The average Bonchev–Trinajstić information content (AvgIpc) is 2.58. The van der Waals surface area contributed by atoms with Crippen LogP contribution in [0.25, 0.3) is 0 Å². The summed E-state index contributed by atoms with van der Waals surface area (Å²) < 4.78 is 10.7. The zero-order valence-electron chi connectivity index (χ0n) is 15.6. The Bertz CT molecular complexity index is 766. The zero-order valence-corrected chi connectivity index (χ0v) is 16.4. The van der Waals surface area contributed by atoms with Gasteiger partial charge in [0.15, 0.2) is 5.16 Å². The number of esters is 1. The summed E-state index contributed by atoms with van der Waals surface area (Å²) in [6.07, 6.45) is 1.40. The van der Waals surface area contributed by atoms with E-state index in [0.717, 1.165) is 5.75 Å². The maximum atomic E-state index is 11.7. The maximum Gasteiger partial charge on any atom is 0.343 e. The molecule has 0 saturated carbocycles. The van der Waals surface area contributed by atoms with Crippen molar-refractivity contribution in [2.24, 2.45) is 0 Å². The first-order valence-electron chi connectivity index (χ1n) is 8.58. The predicted octanol–water partition coefficient (Wildman–Crippen LogP) is 3.84. The zero-order chi connectivity index (χ0) is 19.1. The molecule has 0 aliphatic heterocycles. The predicted molar refractivity (Wildman–Crippen MR) is 104 cm³/mol. The number of aromatic nitrogens is 2. The van der Waals surface area contributed by atoms with Crippen LogP contribution in [0.4, 0.5) is 5.82 Å². The van der Waals surface area contributed by atoms with E-state index in [1.165, 1.54) is 29.1 Å². The van der Waals surface area contributed by atoms with Gasteiger partial charge in [0, 0.05) is 11.9 Å². The Morgan fingerprint density at radius 3 is 2.73 bits per heavy atom. The second kappa shape index (κ2) is 9.43. The number of nitrogens with zero attached hydrogens (tertiary/aromatic N) is 2. The molecule has 0 amide bonds. The third-order valence-electron chi connectivity index (χ3n) is 3.74. The molecule has 2 N–H and O–H groups in total. The summed E-state index contributed by atoms with van der Waals surface area (Å²) in [5.74, 6) is 1.64. The highest BCUT2D eigenvalue weighted by Gasteiger charge is 2.13. The van der Waals surface area contributed by atoms with Crippen molar-refractivity contribution < 1.29 is 14.3 Å². The number of ether oxygens (including phenoxy) is 2. The number of hydrogen-bond donors (Lipinski definition) is 1. The van der Waals surface area contributed by atoms with Crippen molar-refractivity contribution in [1.29, 1.82) is 0 Å². The van der Waals surface area contributed by atoms with Crippen LogP contribution in [0.5, 0.6) is 5.75 Å². The van der Waals surface area contributed by atoms with Gasteiger partial charge in [-0.05, 0) is 43.0 Å². The second-order valence-corrected chi connectivity index (χ2v) is 7.10. The van der Waals surface area contributed by atoms with E-state index >= 15 is 0 Å². The Kier molecular flexibility index (Phi) is 7.26. The number of aryl methyl sites for hydroxylation is 1. The molecule has 1 aromatic heterocycles. The van der Waals surface area contributed by atoms with Crippen molar-refractivity contribution in [1.82, 2.24) is 9.97 Å². The first kappa shape index (κ1) is 20.0. The third kappa shape index (κ3) is 5.36. The lowest BCUT2D eigenvalue weighted by atomic mass is 9.98. The highest BCUT2D eigenvalue weighted by atomic mass is 32.2. The van der Waals surface area contributed by atoms with Crippen molar-refractivity contribution in [3.63, 3.8) is 0 Å². The van der Waals surface area contributed by atoms with E-state index in [9.17, 15) is 4.79 Å². The Morgan fingerprint density at radius 1 is 1.35 bits per heavy atom. The van der Waals surface area contributed by atoms with Crippen LogP contribution < -0.4 is 10.5 Å². The van der Waals surface area contributed by atoms with Crippen molar-refractivity contribution in [3.05, 3.63) is 41.1 Å². The van der Waals surface area contributed by atoms with Crippen molar-refractivity contribution in [2.75, 3.05) is 24.7 Å². The topological polar surface area (TPSA) is 87.3 Å². The first-order chi connectivity index (χ1) is 12.4. The lowest BCUT2D eigenvalue weighted by molar-refractivity contribution is 0.0526. The summed E-state index contributed by atoms with van der Waals surface area (Å²) in [4.78, 5) is 20.0. The Labute approximate surface area is 158 Å². The van der Waals surface area contributed by atoms with Crippen LogP contribution in [0.3, 0.4) is 0 Å². The third-order valence-corrected chi connectivity index (χ3v) is 4.56. The molecule has 2 rings (SSSR count). The number of anilines is 1. The van der Waals surface area contributed by atoms with E-state index < -0.39 is 5.97 Å². The summed E-state index contributed by atoms with van der Waals surface area (Å²) in [5, 5.41) is 0.505. The van der Waals surface area contributed by atoms with Crippen LogP contribution in [-0.2, 0) is 4.74 Å². The smallest absolute Gasteiger partial charge is 0.343 e. The minimum absolute atomic E-state index is 0.127. The molecule has 2 aromatic rings. The van der Waals surface area contributed by atoms with Crippen LogP contribution in [0, 0.1) is 6.92 Å². The summed E-state index contributed by atoms with van der Waals surface area (Å²) in [6, 6.07) is 6.17. The van der Waals surface area contributed by atoms with Crippen LogP contribution in [0.2, 0.25) is 0 Å². The molecular formula is C19H25N3O3S. The van der Waals surface area contributed by atoms with Gasteiger partial charge in [0.2, 0.25) is 0 Å². The van der Waals surface area contributed by atoms with E-state index in [1.54, 1.807) is 6.92 Å². The number of nitrogens with two attached hydrogens (primary N) is 1. The normalized spacial score (nSPS) is 10.8. The fourth-order valence-corrected chi connectivity index (χ4v) is 3.13. The van der Waals surface area contributed by atoms with Gasteiger partial charge in [-0.25, -0.2) is 14.8 Å². The molecule has 1 aromatic carbocycles. The van der Waals surface area contributed by atoms with Crippen molar-refractivity contribution in [3.8, 4) is 5.75 Å². The largest absolute Gasteiger partial charge is 0.493 e. The molecule has 0 unspecified atom stereocenters. The van der Waals surface area contributed by atoms with E-state index in [0.29, 0.717) is 23.4 Å². The fourth-order valence-electron chi connectivity index (χ4n) is 2.49. The molecule has 140 valence electrons. The highest BCUT2D eigenvalue weighted by molar-refractivity contribution is 7.99. The monoisotopic (exact) mass is 375 g/mol. The number of carbonyl (C=O) groups excluding carboxylic acids is 1. The van der Waals surface area contributed by atoms with Gasteiger partial charge in [-0.15, -0.1) is 0 Å². The average molecular weight is 375 g/mol. The lowest BCUT2D eigenvalue weighted by Crippen LogP contribution is -2.11. The molecule has 6 nitrogen and oxygen atoms in total.